The number of nitrogens with zero attached hydrogens (tertiary/aromatic N) is 2. The van der Waals surface area contributed by atoms with Gasteiger partial charge in [0.2, 0.25) is 0 Å². The second-order valence-corrected chi connectivity index (χ2v) is 6.39. The summed E-state index contributed by atoms with van der Waals surface area (Å²) in [7, 11) is 0. The SMILES string of the molecule is Cc1ccc(C)c(OCn2ccc(C(=O)NC(C)c3ccccc3)n2)c1. The predicted molar refractivity (Wildman–Crippen MR) is 101 cm³/mol. The van der Waals surface area contributed by atoms with E-state index in [0.29, 0.717) is 5.69 Å². The summed E-state index contributed by atoms with van der Waals surface area (Å²) in [6.07, 6.45) is 1.74. The first-order valence-electron chi connectivity index (χ1n) is 8.62. The van der Waals surface area contributed by atoms with Crippen molar-refractivity contribution in [1.82, 2.24) is 15.1 Å². The van der Waals surface area contributed by atoms with E-state index in [0.717, 1.165) is 22.4 Å². The van der Waals surface area contributed by atoms with Crippen LogP contribution in [0.5, 0.6) is 5.75 Å². The van der Waals surface area contributed by atoms with Crippen molar-refractivity contribution in [1.29, 1.82) is 0 Å². The van der Waals surface area contributed by atoms with E-state index in [1.807, 2.05) is 69.3 Å². The van der Waals surface area contributed by atoms with Gasteiger partial charge in [-0.15, -0.1) is 0 Å². The summed E-state index contributed by atoms with van der Waals surface area (Å²) in [5, 5.41) is 7.26. The summed E-state index contributed by atoms with van der Waals surface area (Å²) < 4.78 is 7.43. The van der Waals surface area contributed by atoms with E-state index in [2.05, 4.69) is 10.4 Å². The Hall–Kier alpha value is -3.08. The van der Waals surface area contributed by atoms with Crippen LogP contribution in [0.25, 0.3) is 0 Å². The minimum absolute atomic E-state index is 0.0833. The molecule has 1 atom stereocenters. The third-order valence-corrected chi connectivity index (χ3v) is 4.22. The number of carbonyl (C=O) groups excluding carboxylic acids is 1. The molecule has 0 saturated heterocycles. The maximum absolute atomic E-state index is 12.4. The van der Waals surface area contributed by atoms with Crippen molar-refractivity contribution in [3.05, 3.63) is 83.2 Å². The van der Waals surface area contributed by atoms with Crippen molar-refractivity contribution in [2.45, 2.75) is 33.5 Å². The first kappa shape index (κ1) is 17.7. The van der Waals surface area contributed by atoms with Crippen molar-refractivity contribution in [2.24, 2.45) is 0 Å². The highest BCUT2D eigenvalue weighted by Crippen LogP contribution is 2.19. The van der Waals surface area contributed by atoms with Crippen molar-refractivity contribution >= 4 is 5.91 Å². The summed E-state index contributed by atoms with van der Waals surface area (Å²) in [6, 6.07) is 17.5. The number of hydrogen-bond acceptors (Lipinski definition) is 3. The van der Waals surface area contributed by atoms with Crippen LogP contribution in [0, 0.1) is 13.8 Å². The van der Waals surface area contributed by atoms with Crippen LogP contribution in [0.1, 0.15) is 40.1 Å². The smallest absolute Gasteiger partial charge is 0.272 e. The Morgan fingerprint density at radius 2 is 1.92 bits per heavy atom. The van der Waals surface area contributed by atoms with Crippen molar-refractivity contribution in [3.63, 3.8) is 0 Å². The molecule has 3 rings (SSSR count). The Kier molecular flexibility index (Phi) is 5.37. The van der Waals surface area contributed by atoms with Gasteiger partial charge in [-0.3, -0.25) is 4.79 Å². The van der Waals surface area contributed by atoms with Gasteiger partial charge < -0.3 is 10.1 Å². The van der Waals surface area contributed by atoms with Crippen LogP contribution in [0.4, 0.5) is 0 Å². The van der Waals surface area contributed by atoms with Gasteiger partial charge in [0, 0.05) is 6.20 Å². The Balaban J connectivity index is 1.60. The molecule has 1 aromatic heterocycles. The molecule has 26 heavy (non-hydrogen) atoms. The highest BCUT2D eigenvalue weighted by atomic mass is 16.5. The van der Waals surface area contributed by atoms with Crippen LogP contribution < -0.4 is 10.1 Å². The normalized spacial score (nSPS) is 11.8. The highest BCUT2D eigenvalue weighted by Gasteiger charge is 2.14. The summed E-state index contributed by atoms with van der Waals surface area (Å²) in [5.74, 6) is 0.621. The first-order chi connectivity index (χ1) is 12.5. The molecule has 0 aliphatic carbocycles. The van der Waals surface area contributed by atoms with Crippen molar-refractivity contribution in [2.75, 3.05) is 0 Å². The van der Waals surface area contributed by atoms with Gasteiger partial charge in [0.1, 0.15) is 11.4 Å². The molecule has 0 spiro atoms. The number of benzene rings is 2. The van der Waals surface area contributed by atoms with Gasteiger partial charge in [-0.25, -0.2) is 4.68 Å². The number of amides is 1. The van der Waals surface area contributed by atoms with E-state index < -0.39 is 0 Å². The Labute approximate surface area is 153 Å². The highest BCUT2D eigenvalue weighted by molar-refractivity contribution is 5.92. The molecule has 1 heterocycles. The maximum Gasteiger partial charge on any atom is 0.272 e. The molecule has 2 aromatic carbocycles. The summed E-state index contributed by atoms with van der Waals surface area (Å²) in [6.45, 7) is 6.23. The second kappa shape index (κ2) is 7.87. The minimum Gasteiger partial charge on any atom is -0.471 e. The van der Waals surface area contributed by atoms with Crippen molar-refractivity contribution < 1.29 is 9.53 Å². The van der Waals surface area contributed by atoms with Gasteiger partial charge >= 0.3 is 0 Å². The number of carbonyl (C=O) groups is 1. The number of aromatic nitrogens is 2. The fraction of sp³-hybridized carbons (Fsp3) is 0.238. The van der Waals surface area contributed by atoms with Crippen LogP contribution in [-0.2, 0) is 6.73 Å². The zero-order valence-electron chi connectivity index (χ0n) is 15.3. The van der Waals surface area contributed by atoms with Crippen LogP contribution in [0.15, 0.2) is 60.8 Å². The largest absolute Gasteiger partial charge is 0.471 e. The summed E-state index contributed by atoms with van der Waals surface area (Å²) >= 11 is 0. The molecular formula is C21H23N3O2. The average Bonchev–Trinajstić information content (AvgIpc) is 3.12. The third kappa shape index (κ3) is 4.30. The summed E-state index contributed by atoms with van der Waals surface area (Å²) in [5.41, 5.74) is 3.63. The molecule has 0 saturated carbocycles. The zero-order chi connectivity index (χ0) is 18.5. The molecule has 3 aromatic rings. The van der Waals surface area contributed by atoms with Crippen LogP contribution in [-0.4, -0.2) is 15.7 Å². The van der Waals surface area contributed by atoms with Gasteiger partial charge in [0.25, 0.3) is 5.91 Å². The fourth-order valence-corrected chi connectivity index (χ4v) is 2.65. The first-order valence-corrected chi connectivity index (χ1v) is 8.62. The number of ether oxygens (including phenoxy) is 1. The molecule has 1 unspecified atom stereocenters. The molecule has 1 N–H and O–H groups in total. The van der Waals surface area contributed by atoms with Gasteiger partial charge in [0.15, 0.2) is 6.73 Å². The maximum atomic E-state index is 12.4. The van der Waals surface area contributed by atoms with Gasteiger partial charge in [-0.1, -0.05) is 42.5 Å². The number of hydrogen-bond donors (Lipinski definition) is 1. The zero-order valence-corrected chi connectivity index (χ0v) is 15.3. The number of aryl methyl sites for hydroxylation is 2. The van der Waals surface area contributed by atoms with E-state index in [-0.39, 0.29) is 18.7 Å². The quantitative estimate of drug-likeness (QED) is 0.731. The lowest BCUT2D eigenvalue weighted by molar-refractivity contribution is 0.0932. The number of rotatable bonds is 6. The molecular weight excluding hydrogens is 326 g/mol. The van der Waals surface area contributed by atoms with E-state index >= 15 is 0 Å². The van der Waals surface area contributed by atoms with Gasteiger partial charge in [0.05, 0.1) is 6.04 Å². The molecule has 0 fully saturated rings. The molecule has 0 aliphatic rings. The van der Waals surface area contributed by atoms with E-state index in [1.165, 1.54) is 0 Å². The van der Waals surface area contributed by atoms with Crippen LogP contribution in [0.2, 0.25) is 0 Å². The Morgan fingerprint density at radius 1 is 1.15 bits per heavy atom. The van der Waals surface area contributed by atoms with Gasteiger partial charge in [-0.05, 0) is 49.6 Å². The molecule has 1 amide bonds. The van der Waals surface area contributed by atoms with E-state index in [4.69, 9.17) is 4.74 Å². The standard InChI is InChI=1S/C21H23N3O2/c1-15-9-10-16(2)20(13-15)26-14-24-12-11-19(23-24)21(25)22-17(3)18-7-5-4-6-8-18/h4-13,17H,14H2,1-3H3,(H,22,25). The van der Waals surface area contributed by atoms with Crippen LogP contribution >= 0.6 is 0 Å². The van der Waals surface area contributed by atoms with Crippen molar-refractivity contribution in [3.8, 4) is 5.75 Å². The van der Waals surface area contributed by atoms with Gasteiger partial charge in [-0.2, -0.15) is 5.10 Å². The molecule has 0 aliphatic heterocycles. The molecule has 0 radical (unpaired) electrons. The third-order valence-electron chi connectivity index (χ3n) is 4.22. The summed E-state index contributed by atoms with van der Waals surface area (Å²) in [4.78, 5) is 12.4. The topological polar surface area (TPSA) is 56.1 Å². The predicted octanol–water partition coefficient (Wildman–Crippen LogP) is 4.03. The second-order valence-electron chi connectivity index (χ2n) is 6.39. The lowest BCUT2D eigenvalue weighted by Crippen LogP contribution is -2.27. The molecule has 5 heteroatoms. The van der Waals surface area contributed by atoms with Crippen LogP contribution in [0.3, 0.4) is 0 Å². The molecule has 134 valence electrons. The molecule has 5 nitrogen and oxygen atoms in total. The Morgan fingerprint density at radius 3 is 2.69 bits per heavy atom. The average molecular weight is 349 g/mol. The number of nitrogens with one attached hydrogen (secondary N) is 1. The minimum atomic E-state index is -0.202. The fourth-order valence-electron chi connectivity index (χ4n) is 2.65. The van der Waals surface area contributed by atoms with E-state index in [9.17, 15) is 4.79 Å². The van der Waals surface area contributed by atoms with E-state index in [1.54, 1.807) is 16.9 Å². The Bertz CT molecular complexity index is 887. The molecule has 0 bridgehead atoms. The lowest BCUT2D eigenvalue weighted by Gasteiger charge is -2.13. The monoisotopic (exact) mass is 349 g/mol. The lowest BCUT2D eigenvalue weighted by atomic mass is 10.1.